The second kappa shape index (κ2) is 7.03. The van der Waals surface area contributed by atoms with Gasteiger partial charge in [0, 0.05) is 32.7 Å². The summed E-state index contributed by atoms with van der Waals surface area (Å²) in [5.41, 5.74) is 0. The first-order chi connectivity index (χ1) is 5.74. The lowest BCUT2D eigenvalue weighted by molar-refractivity contribution is 0.123. The average molecular weight is 257 g/mol. The highest BCUT2D eigenvalue weighted by Crippen LogP contribution is 2.16. The Balaban J connectivity index is 3.76. The normalized spacial score (nSPS) is 12.0. The van der Waals surface area contributed by atoms with Gasteiger partial charge in [-0.25, -0.2) is 0 Å². The van der Waals surface area contributed by atoms with Crippen LogP contribution in [0.1, 0.15) is 12.8 Å². The van der Waals surface area contributed by atoms with Crippen molar-refractivity contribution in [3.63, 3.8) is 0 Å². The van der Waals surface area contributed by atoms with Crippen LogP contribution in [0.5, 0.6) is 0 Å². The Morgan fingerprint density at radius 2 is 1.50 bits per heavy atom. The standard InChI is InChI=1S/C7H17BrO3Si/c1-9-12(10-2,11-3)7-5-4-6-8/h4-7H2,1-3H3. The van der Waals surface area contributed by atoms with Gasteiger partial charge in [-0.05, 0) is 12.8 Å². The number of halogens is 1. The maximum atomic E-state index is 5.26. The summed E-state index contributed by atoms with van der Waals surface area (Å²) in [6.45, 7) is 0. The molecule has 0 radical (unpaired) electrons. The number of rotatable bonds is 7. The molecular weight excluding hydrogens is 240 g/mol. The molecule has 0 saturated carbocycles. The maximum absolute atomic E-state index is 5.26. The molecule has 0 aliphatic carbocycles. The second-order valence-corrected chi connectivity index (χ2v) is 6.33. The number of hydrogen-bond acceptors (Lipinski definition) is 3. The minimum atomic E-state index is -2.28. The number of unbranched alkanes of at least 4 members (excludes halogenated alkanes) is 1. The third-order valence-electron chi connectivity index (χ3n) is 1.80. The van der Waals surface area contributed by atoms with Crippen molar-refractivity contribution in [2.24, 2.45) is 0 Å². The van der Waals surface area contributed by atoms with Crippen molar-refractivity contribution in [1.82, 2.24) is 0 Å². The first-order valence-corrected chi connectivity index (χ1v) is 7.01. The van der Waals surface area contributed by atoms with Crippen LogP contribution in [0.25, 0.3) is 0 Å². The molecule has 3 nitrogen and oxygen atoms in total. The molecule has 0 aromatic rings. The topological polar surface area (TPSA) is 27.7 Å². The van der Waals surface area contributed by atoms with E-state index >= 15 is 0 Å². The molecule has 0 aliphatic rings. The predicted octanol–water partition coefficient (Wildman–Crippen LogP) is 2.04. The molecule has 5 heteroatoms. The summed E-state index contributed by atoms with van der Waals surface area (Å²) in [6.07, 6.45) is 2.21. The molecule has 0 fully saturated rings. The van der Waals surface area contributed by atoms with Gasteiger partial charge in [0.2, 0.25) is 0 Å². The van der Waals surface area contributed by atoms with Gasteiger partial charge in [-0.15, -0.1) is 0 Å². The smallest absolute Gasteiger partial charge is 0.377 e. The molecule has 0 aliphatic heterocycles. The zero-order valence-corrected chi connectivity index (χ0v) is 10.5. The average Bonchev–Trinajstić information content (AvgIpc) is 2.14. The number of hydrogen-bond donors (Lipinski definition) is 0. The van der Waals surface area contributed by atoms with Crippen LogP contribution in [0, 0.1) is 0 Å². The van der Waals surface area contributed by atoms with E-state index in [2.05, 4.69) is 15.9 Å². The van der Waals surface area contributed by atoms with E-state index in [1.807, 2.05) is 0 Å². The highest BCUT2D eigenvalue weighted by atomic mass is 79.9. The SMILES string of the molecule is CO[Si](CCCCBr)(OC)OC. The number of alkyl halides is 1. The second-order valence-electron chi connectivity index (χ2n) is 2.44. The lowest BCUT2D eigenvalue weighted by Crippen LogP contribution is -2.42. The van der Waals surface area contributed by atoms with E-state index in [4.69, 9.17) is 13.3 Å². The fourth-order valence-electron chi connectivity index (χ4n) is 0.992. The third kappa shape index (κ3) is 4.00. The van der Waals surface area contributed by atoms with Gasteiger partial charge in [-0.1, -0.05) is 15.9 Å². The van der Waals surface area contributed by atoms with Crippen molar-refractivity contribution < 1.29 is 13.3 Å². The summed E-state index contributed by atoms with van der Waals surface area (Å²) in [5.74, 6) is 0. The molecule has 0 bridgehead atoms. The minimum Gasteiger partial charge on any atom is -0.377 e. The zero-order valence-electron chi connectivity index (χ0n) is 7.93. The van der Waals surface area contributed by atoms with Gasteiger partial charge in [0.1, 0.15) is 0 Å². The molecule has 0 unspecified atom stereocenters. The van der Waals surface area contributed by atoms with Crippen molar-refractivity contribution in [3.8, 4) is 0 Å². The fraction of sp³-hybridized carbons (Fsp3) is 1.00. The quantitative estimate of drug-likeness (QED) is 0.397. The van der Waals surface area contributed by atoms with Crippen LogP contribution in [0.4, 0.5) is 0 Å². The molecule has 0 saturated heterocycles. The summed E-state index contributed by atoms with van der Waals surface area (Å²) in [5, 5.41) is 1.02. The molecule has 0 aromatic heterocycles. The van der Waals surface area contributed by atoms with E-state index in [-0.39, 0.29) is 0 Å². The lowest BCUT2D eigenvalue weighted by Gasteiger charge is -2.23. The van der Waals surface area contributed by atoms with Crippen molar-refractivity contribution in [2.45, 2.75) is 18.9 Å². The molecule has 0 heterocycles. The van der Waals surface area contributed by atoms with Crippen LogP contribution in [0.3, 0.4) is 0 Å². The Morgan fingerprint density at radius 3 is 1.83 bits per heavy atom. The third-order valence-corrected chi connectivity index (χ3v) is 5.19. The zero-order chi connectivity index (χ0) is 9.45. The molecular formula is C7H17BrO3Si. The Bertz CT molecular complexity index is 101. The summed E-state index contributed by atoms with van der Waals surface area (Å²) < 4.78 is 15.8. The van der Waals surface area contributed by atoms with Gasteiger partial charge >= 0.3 is 8.80 Å². The van der Waals surface area contributed by atoms with Crippen molar-refractivity contribution in [3.05, 3.63) is 0 Å². The molecule has 0 amide bonds. The molecule has 74 valence electrons. The highest BCUT2D eigenvalue weighted by molar-refractivity contribution is 9.09. The van der Waals surface area contributed by atoms with Gasteiger partial charge in [0.15, 0.2) is 0 Å². The van der Waals surface area contributed by atoms with E-state index < -0.39 is 8.80 Å². The predicted molar refractivity (Wildman–Crippen MR) is 54.6 cm³/mol. The molecule has 0 aromatic carbocycles. The Morgan fingerprint density at radius 1 is 1.00 bits per heavy atom. The van der Waals surface area contributed by atoms with Gasteiger partial charge in [-0.3, -0.25) is 0 Å². The van der Waals surface area contributed by atoms with Crippen molar-refractivity contribution in [1.29, 1.82) is 0 Å². The van der Waals surface area contributed by atoms with Crippen molar-refractivity contribution >= 4 is 24.7 Å². The summed E-state index contributed by atoms with van der Waals surface area (Å²) in [7, 11) is 2.66. The lowest BCUT2D eigenvalue weighted by atomic mass is 10.4. The molecule has 12 heavy (non-hydrogen) atoms. The summed E-state index contributed by atoms with van der Waals surface area (Å²) >= 11 is 3.38. The maximum Gasteiger partial charge on any atom is 0.500 e. The Hall–Kier alpha value is 0.577. The van der Waals surface area contributed by atoms with Gasteiger partial charge in [0.05, 0.1) is 0 Å². The fourth-order valence-corrected chi connectivity index (χ4v) is 3.18. The molecule has 0 spiro atoms. The summed E-state index contributed by atoms with van der Waals surface area (Å²) in [4.78, 5) is 0. The minimum absolute atomic E-state index is 0.891. The summed E-state index contributed by atoms with van der Waals surface area (Å²) in [6, 6.07) is 0.891. The first-order valence-electron chi connectivity index (χ1n) is 3.96. The van der Waals surface area contributed by atoms with Crippen molar-refractivity contribution in [2.75, 3.05) is 26.7 Å². The largest absolute Gasteiger partial charge is 0.500 e. The Kier molecular flexibility index (Phi) is 7.36. The van der Waals surface area contributed by atoms with E-state index in [9.17, 15) is 0 Å². The molecule has 0 N–H and O–H groups in total. The van der Waals surface area contributed by atoms with Gasteiger partial charge in [-0.2, -0.15) is 0 Å². The van der Waals surface area contributed by atoms with Crippen LogP contribution >= 0.6 is 15.9 Å². The van der Waals surface area contributed by atoms with Gasteiger partial charge < -0.3 is 13.3 Å². The van der Waals surface area contributed by atoms with Crippen LogP contribution in [-0.4, -0.2) is 35.5 Å². The van der Waals surface area contributed by atoms with Crippen LogP contribution < -0.4 is 0 Å². The molecule has 0 atom stereocenters. The first kappa shape index (κ1) is 12.6. The Labute approximate surface area is 83.9 Å². The monoisotopic (exact) mass is 256 g/mol. The van der Waals surface area contributed by atoms with Crippen LogP contribution in [-0.2, 0) is 13.3 Å². The van der Waals surface area contributed by atoms with Crippen LogP contribution in [0.15, 0.2) is 0 Å². The molecule has 0 rings (SSSR count). The highest BCUT2D eigenvalue weighted by Gasteiger charge is 2.36. The van der Waals surface area contributed by atoms with Gasteiger partial charge in [0.25, 0.3) is 0 Å². The van der Waals surface area contributed by atoms with Crippen LogP contribution in [0.2, 0.25) is 6.04 Å². The van der Waals surface area contributed by atoms with E-state index in [0.717, 1.165) is 24.2 Å². The van der Waals surface area contributed by atoms with E-state index in [1.54, 1.807) is 21.3 Å². The van der Waals surface area contributed by atoms with E-state index in [0.29, 0.717) is 0 Å². The van der Waals surface area contributed by atoms with E-state index in [1.165, 1.54) is 0 Å².